The van der Waals surface area contributed by atoms with Crippen LogP contribution in [0.25, 0.3) is 11.3 Å². The topological polar surface area (TPSA) is 128 Å². The van der Waals surface area contributed by atoms with Crippen molar-refractivity contribution in [2.24, 2.45) is 7.05 Å². The molecule has 0 saturated carbocycles. The molecule has 3 heterocycles. The van der Waals surface area contributed by atoms with Crippen LogP contribution in [0.3, 0.4) is 0 Å². The first-order valence-corrected chi connectivity index (χ1v) is 12.2. The molecule has 2 N–H and O–H groups in total. The minimum Gasteiger partial charge on any atom is -0.438 e. The molecule has 2 aromatic carbocycles. The lowest BCUT2D eigenvalue weighted by Crippen LogP contribution is -2.15. The number of carbonyl (C=O) groups is 1. The van der Waals surface area contributed by atoms with Gasteiger partial charge in [0.1, 0.15) is 10.6 Å². The molecule has 0 saturated heterocycles. The van der Waals surface area contributed by atoms with Gasteiger partial charge in [0.05, 0.1) is 11.9 Å². The third-order valence-corrected chi connectivity index (χ3v) is 6.96. The van der Waals surface area contributed by atoms with Crippen molar-refractivity contribution in [3.05, 3.63) is 77.1 Å². The van der Waals surface area contributed by atoms with E-state index in [0.29, 0.717) is 29.1 Å². The number of nitrogens with zero attached hydrogens (tertiary/aromatic N) is 4. The Morgan fingerprint density at radius 2 is 1.83 bits per heavy atom. The maximum atomic E-state index is 12.9. The van der Waals surface area contributed by atoms with Gasteiger partial charge in [-0.3, -0.25) is 9.48 Å². The molecular formula is C24H22N6O4S. The summed E-state index contributed by atoms with van der Waals surface area (Å²) in [6, 6.07) is 12.7. The van der Waals surface area contributed by atoms with E-state index in [0.717, 1.165) is 16.7 Å². The first-order chi connectivity index (χ1) is 16.7. The lowest BCUT2D eigenvalue weighted by molar-refractivity contribution is 0.0965. The SMILES string of the molecule is Cc1cccc(C)c1-c1cc(Oc2cccc3c2CNC3=O)nc(NS(=O)(=O)c2cnn(C)c2)n1. The molecule has 1 aliphatic heterocycles. The van der Waals surface area contributed by atoms with Gasteiger partial charge in [0.15, 0.2) is 0 Å². The number of carbonyl (C=O) groups excluding carboxylic acids is 1. The van der Waals surface area contributed by atoms with Crippen LogP contribution in [-0.4, -0.2) is 34.1 Å². The summed E-state index contributed by atoms with van der Waals surface area (Å²) in [4.78, 5) is 20.8. The fourth-order valence-electron chi connectivity index (χ4n) is 4.02. The average Bonchev–Trinajstić information content (AvgIpc) is 3.40. The maximum Gasteiger partial charge on any atom is 0.267 e. The molecule has 0 radical (unpaired) electrons. The van der Waals surface area contributed by atoms with Crippen LogP contribution in [0, 0.1) is 13.8 Å². The van der Waals surface area contributed by atoms with Gasteiger partial charge in [0.25, 0.3) is 15.9 Å². The molecular weight excluding hydrogens is 468 g/mol. The molecule has 10 nitrogen and oxygen atoms in total. The smallest absolute Gasteiger partial charge is 0.267 e. The van der Waals surface area contributed by atoms with E-state index < -0.39 is 10.0 Å². The zero-order valence-electron chi connectivity index (χ0n) is 19.2. The Hall–Kier alpha value is -4.25. The molecule has 35 heavy (non-hydrogen) atoms. The van der Waals surface area contributed by atoms with E-state index in [4.69, 9.17) is 4.74 Å². The number of aromatic nitrogens is 4. The van der Waals surface area contributed by atoms with Gasteiger partial charge in [-0.25, -0.2) is 18.1 Å². The van der Waals surface area contributed by atoms with Crippen LogP contribution < -0.4 is 14.8 Å². The summed E-state index contributed by atoms with van der Waals surface area (Å²) in [7, 11) is -2.36. The van der Waals surface area contributed by atoms with Crippen molar-refractivity contribution in [2.45, 2.75) is 25.3 Å². The molecule has 0 atom stereocenters. The number of aryl methyl sites for hydroxylation is 3. The Balaban J connectivity index is 1.60. The van der Waals surface area contributed by atoms with E-state index in [9.17, 15) is 13.2 Å². The molecule has 0 aliphatic carbocycles. The Labute approximate surface area is 202 Å². The summed E-state index contributed by atoms with van der Waals surface area (Å²) in [5, 5.41) is 6.70. The Morgan fingerprint density at radius 3 is 2.54 bits per heavy atom. The van der Waals surface area contributed by atoms with Crippen molar-refractivity contribution in [3.63, 3.8) is 0 Å². The predicted octanol–water partition coefficient (Wildman–Crippen LogP) is 3.33. The standard InChI is InChI=1S/C24H22N6O4S/c1-14-6-4-7-15(2)22(14)19-10-21(34-20-9-5-8-17-18(20)12-25-23(17)31)28-24(27-19)29-35(32,33)16-11-26-30(3)13-16/h4-11,13H,12H2,1-3H3,(H,25,31)(H,27,28,29). The molecule has 0 unspecified atom stereocenters. The molecule has 4 aromatic rings. The minimum atomic E-state index is -3.99. The monoisotopic (exact) mass is 490 g/mol. The van der Waals surface area contributed by atoms with E-state index in [1.54, 1.807) is 31.3 Å². The van der Waals surface area contributed by atoms with Gasteiger partial charge < -0.3 is 10.1 Å². The molecule has 2 aromatic heterocycles. The number of nitrogens with one attached hydrogen (secondary N) is 2. The number of amides is 1. The van der Waals surface area contributed by atoms with E-state index in [2.05, 4.69) is 25.1 Å². The number of hydrogen-bond acceptors (Lipinski definition) is 7. The lowest BCUT2D eigenvalue weighted by atomic mass is 10.00. The summed E-state index contributed by atoms with van der Waals surface area (Å²) < 4.78 is 35.8. The number of fused-ring (bicyclic) bond motifs is 1. The van der Waals surface area contributed by atoms with Crippen molar-refractivity contribution < 1.29 is 17.9 Å². The van der Waals surface area contributed by atoms with Crippen molar-refractivity contribution in [3.8, 4) is 22.9 Å². The highest BCUT2D eigenvalue weighted by Gasteiger charge is 2.24. The zero-order chi connectivity index (χ0) is 24.7. The van der Waals surface area contributed by atoms with E-state index >= 15 is 0 Å². The second-order valence-electron chi connectivity index (χ2n) is 8.20. The lowest BCUT2D eigenvalue weighted by Gasteiger charge is -2.14. The van der Waals surface area contributed by atoms with Gasteiger partial charge in [-0.15, -0.1) is 0 Å². The normalized spacial score (nSPS) is 12.8. The summed E-state index contributed by atoms with van der Waals surface area (Å²) in [5.41, 5.74) is 4.51. The number of hydrogen-bond donors (Lipinski definition) is 2. The van der Waals surface area contributed by atoms with Crippen LogP contribution in [-0.2, 0) is 23.6 Å². The van der Waals surface area contributed by atoms with Gasteiger partial charge in [-0.05, 0) is 37.1 Å². The number of sulfonamides is 1. The molecule has 5 rings (SSSR count). The average molecular weight is 491 g/mol. The molecule has 0 bridgehead atoms. The number of anilines is 1. The van der Waals surface area contributed by atoms with E-state index in [1.165, 1.54) is 17.1 Å². The van der Waals surface area contributed by atoms with Gasteiger partial charge in [-0.2, -0.15) is 10.1 Å². The number of benzene rings is 2. The van der Waals surface area contributed by atoms with Crippen LogP contribution in [0.2, 0.25) is 0 Å². The first-order valence-electron chi connectivity index (χ1n) is 10.8. The third-order valence-electron chi connectivity index (χ3n) is 5.67. The summed E-state index contributed by atoms with van der Waals surface area (Å²) >= 11 is 0. The number of rotatable bonds is 6. The van der Waals surface area contributed by atoms with Crippen LogP contribution in [0.15, 0.2) is 59.8 Å². The van der Waals surface area contributed by atoms with Crippen LogP contribution >= 0.6 is 0 Å². The Morgan fingerprint density at radius 1 is 1.09 bits per heavy atom. The summed E-state index contributed by atoms with van der Waals surface area (Å²) in [6.07, 6.45) is 2.62. The van der Waals surface area contributed by atoms with Crippen molar-refractivity contribution in [1.82, 2.24) is 25.1 Å². The minimum absolute atomic E-state index is 0.0194. The van der Waals surface area contributed by atoms with Crippen LogP contribution in [0.1, 0.15) is 27.0 Å². The Bertz CT molecular complexity index is 1560. The molecule has 0 spiro atoms. The number of ether oxygens (including phenoxy) is 1. The Kier molecular flexibility index (Phi) is 5.48. The highest BCUT2D eigenvalue weighted by atomic mass is 32.2. The third kappa shape index (κ3) is 4.33. The van der Waals surface area contributed by atoms with Crippen molar-refractivity contribution in [2.75, 3.05) is 4.72 Å². The van der Waals surface area contributed by atoms with E-state index in [1.807, 2.05) is 32.0 Å². The first kappa shape index (κ1) is 22.5. The fourth-order valence-corrected chi connectivity index (χ4v) is 4.95. The fraction of sp³-hybridized carbons (Fsp3) is 0.167. The molecule has 1 amide bonds. The van der Waals surface area contributed by atoms with Crippen LogP contribution in [0.4, 0.5) is 5.95 Å². The highest BCUT2D eigenvalue weighted by molar-refractivity contribution is 7.92. The second kappa shape index (κ2) is 8.51. The van der Waals surface area contributed by atoms with Crippen molar-refractivity contribution >= 4 is 21.9 Å². The predicted molar refractivity (Wildman–Crippen MR) is 129 cm³/mol. The summed E-state index contributed by atoms with van der Waals surface area (Å²) in [6.45, 7) is 4.23. The molecule has 11 heteroatoms. The molecule has 1 aliphatic rings. The van der Waals surface area contributed by atoms with Gasteiger partial charge in [0.2, 0.25) is 11.8 Å². The largest absolute Gasteiger partial charge is 0.438 e. The maximum absolute atomic E-state index is 12.9. The highest BCUT2D eigenvalue weighted by Crippen LogP contribution is 2.33. The molecule has 0 fully saturated rings. The van der Waals surface area contributed by atoms with Gasteiger partial charge >= 0.3 is 0 Å². The van der Waals surface area contributed by atoms with Crippen LogP contribution in [0.5, 0.6) is 11.6 Å². The van der Waals surface area contributed by atoms with Gasteiger partial charge in [0, 0.05) is 42.5 Å². The van der Waals surface area contributed by atoms with Crippen molar-refractivity contribution in [1.29, 1.82) is 0 Å². The zero-order valence-corrected chi connectivity index (χ0v) is 20.0. The van der Waals surface area contributed by atoms with Gasteiger partial charge in [-0.1, -0.05) is 24.3 Å². The molecule has 178 valence electrons. The second-order valence-corrected chi connectivity index (χ2v) is 9.89. The summed E-state index contributed by atoms with van der Waals surface area (Å²) in [5.74, 6) is 0.266. The quantitative estimate of drug-likeness (QED) is 0.424. The van der Waals surface area contributed by atoms with E-state index in [-0.39, 0.29) is 22.6 Å².